The minimum Gasteiger partial charge on any atom is -0.493 e. The molecule has 0 saturated carbocycles. The summed E-state index contributed by atoms with van der Waals surface area (Å²) in [5, 5.41) is 4.21. The normalized spacial score (nSPS) is 10.5. The summed E-state index contributed by atoms with van der Waals surface area (Å²) < 4.78 is 11.8. The molecule has 30 heavy (non-hydrogen) atoms. The van der Waals surface area contributed by atoms with E-state index < -0.39 is 0 Å². The fraction of sp³-hybridized carbons (Fsp3) is 0.231. The maximum atomic E-state index is 6.15. The lowest BCUT2D eigenvalue weighted by atomic mass is 10.0. The van der Waals surface area contributed by atoms with Gasteiger partial charge >= 0.3 is 0 Å². The summed E-state index contributed by atoms with van der Waals surface area (Å²) in [6, 6.07) is 18.2. The van der Waals surface area contributed by atoms with Gasteiger partial charge in [-0.1, -0.05) is 35.9 Å². The van der Waals surface area contributed by atoms with Crippen molar-refractivity contribution < 1.29 is 9.47 Å². The van der Waals surface area contributed by atoms with E-state index in [4.69, 9.17) is 21.1 Å². The number of benzene rings is 3. The fourth-order valence-electron chi connectivity index (χ4n) is 3.24. The van der Waals surface area contributed by atoms with Gasteiger partial charge in [-0.05, 0) is 78.9 Å². The third-order valence-electron chi connectivity index (χ3n) is 5.08. The van der Waals surface area contributed by atoms with Crippen LogP contribution in [0.1, 0.15) is 27.8 Å². The van der Waals surface area contributed by atoms with Crippen LogP contribution >= 0.6 is 11.6 Å². The van der Waals surface area contributed by atoms with E-state index in [1.165, 1.54) is 11.1 Å². The van der Waals surface area contributed by atoms with Gasteiger partial charge in [0.2, 0.25) is 0 Å². The van der Waals surface area contributed by atoms with Gasteiger partial charge in [-0.15, -0.1) is 6.58 Å². The molecule has 0 spiro atoms. The molecule has 0 aromatic heterocycles. The summed E-state index contributed by atoms with van der Waals surface area (Å²) >= 11 is 5.97. The van der Waals surface area contributed by atoms with Gasteiger partial charge in [0.15, 0.2) is 11.5 Å². The van der Waals surface area contributed by atoms with Crippen LogP contribution in [0.15, 0.2) is 67.3 Å². The zero-order chi connectivity index (χ0) is 21.5. The van der Waals surface area contributed by atoms with Gasteiger partial charge in [-0.25, -0.2) is 0 Å². The highest BCUT2D eigenvalue weighted by molar-refractivity contribution is 6.30. The molecule has 0 atom stereocenters. The lowest BCUT2D eigenvalue weighted by molar-refractivity contribution is 0.281. The molecule has 0 unspecified atom stereocenters. The number of methoxy groups -OCH3 is 1. The third-order valence-corrected chi connectivity index (χ3v) is 5.33. The van der Waals surface area contributed by atoms with Crippen LogP contribution in [0.25, 0.3) is 0 Å². The van der Waals surface area contributed by atoms with E-state index in [9.17, 15) is 0 Å². The van der Waals surface area contributed by atoms with Crippen LogP contribution in [0.5, 0.6) is 11.5 Å². The first-order valence-electron chi connectivity index (χ1n) is 9.99. The van der Waals surface area contributed by atoms with E-state index in [0.29, 0.717) is 24.6 Å². The highest BCUT2D eigenvalue weighted by Crippen LogP contribution is 2.34. The molecule has 0 aliphatic carbocycles. The molecule has 156 valence electrons. The summed E-state index contributed by atoms with van der Waals surface area (Å²) in [5.41, 5.74) is 6.89. The number of nitrogens with one attached hydrogen (secondary N) is 1. The van der Waals surface area contributed by atoms with E-state index in [1.807, 2.05) is 36.4 Å². The van der Waals surface area contributed by atoms with Crippen LogP contribution < -0.4 is 14.8 Å². The Labute approximate surface area is 184 Å². The molecule has 0 fully saturated rings. The molecule has 0 saturated heterocycles. The van der Waals surface area contributed by atoms with Crippen molar-refractivity contribution >= 4 is 17.3 Å². The molecule has 3 rings (SSSR count). The quantitative estimate of drug-likeness (QED) is 0.382. The first-order chi connectivity index (χ1) is 14.5. The van der Waals surface area contributed by atoms with E-state index in [2.05, 4.69) is 50.0 Å². The Morgan fingerprint density at radius 1 is 0.967 bits per heavy atom. The van der Waals surface area contributed by atoms with Gasteiger partial charge < -0.3 is 14.8 Å². The second-order valence-corrected chi connectivity index (χ2v) is 7.78. The zero-order valence-corrected chi connectivity index (χ0v) is 18.6. The lowest BCUT2D eigenvalue weighted by Gasteiger charge is -2.17. The van der Waals surface area contributed by atoms with Crippen molar-refractivity contribution in [1.82, 2.24) is 0 Å². The summed E-state index contributed by atoms with van der Waals surface area (Å²) in [4.78, 5) is 0. The molecule has 3 nitrogen and oxygen atoms in total. The van der Waals surface area contributed by atoms with Gasteiger partial charge in [0.05, 0.1) is 7.11 Å². The second kappa shape index (κ2) is 10.2. The maximum absolute atomic E-state index is 6.15. The molecule has 0 aliphatic rings. The minimum atomic E-state index is 0.442. The van der Waals surface area contributed by atoms with Crippen molar-refractivity contribution in [3.05, 3.63) is 100 Å². The number of ether oxygens (including phenoxy) is 2. The van der Waals surface area contributed by atoms with Crippen LogP contribution in [0.4, 0.5) is 5.69 Å². The third kappa shape index (κ3) is 5.58. The van der Waals surface area contributed by atoms with Gasteiger partial charge in [0.25, 0.3) is 0 Å². The van der Waals surface area contributed by atoms with Crippen molar-refractivity contribution in [1.29, 1.82) is 0 Å². The number of aryl methyl sites for hydroxylation is 2. The predicted octanol–water partition coefficient (Wildman–Crippen LogP) is 6.89. The van der Waals surface area contributed by atoms with E-state index in [0.717, 1.165) is 33.9 Å². The second-order valence-electron chi connectivity index (χ2n) is 7.35. The number of allylic oxidation sites excluding steroid dienone is 1. The predicted molar refractivity (Wildman–Crippen MR) is 126 cm³/mol. The van der Waals surface area contributed by atoms with Crippen molar-refractivity contribution in [2.24, 2.45) is 0 Å². The minimum absolute atomic E-state index is 0.442. The topological polar surface area (TPSA) is 30.5 Å². The van der Waals surface area contributed by atoms with Crippen molar-refractivity contribution in [2.45, 2.75) is 33.4 Å². The Morgan fingerprint density at radius 2 is 1.73 bits per heavy atom. The SMILES string of the molecule is C=CCc1cc(CNc2ccc(C)c(C)c2)cc(OC)c1OCc1ccc(Cl)cc1. The van der Waals surface area contributed by atoms with Crippen LogP contribution in [0.2, 0.25) is 5.02 Å². The Kier molecular flexibility index (Phi) is 7.42. The fourth-order valence-corrected chi connectivity index (χ4v) is 3.37. The molecule has 4 heteroatoms. The van der Waals surface area contributed by atoms with Crippen LogP contribution in [0, 0.1) is 13.8 Å². The van der Waals surface area contributed by atoms with Crippen LogP contribution in [0.3, 0.4) is 0 Å². The molecule has 3 aromatic rings. The Morgan fingerprint density at radius 3 is 2.40 bits per heavy atom. The number of halogens is 1. The molecule has 0 aliphatic heterocycles. The highest BCUT2D eigenvalue weighted by Gasteiger charge is 2.13. The van der Waals surface area contributed by atoms with Gasteiger partial charge in [0.1, 0.15) is 6.61 Å². The average molecular weight is 422 g/mol. The summed E-state index contributed by atoms with van der Waals surface area (Å²) in [7, 11) is 1.67. The van der Waals surface area contributed by atoms with Crippen LogP contribution in [-0.4, -0.2) is 7.11 Å². The molecule has 0 bridgehead atoms. The monoisotopic (exact) mass is 421 g/mol. The molecule has 0 amide bonds. The Hall–Kier alpha value is -2.91. The molecular weight excluding hydrogens is 394 g/mol. The molecular formula is C26H28ClNO2. The van der Waals surface area contributed by atoms with Gasteiger partial charge in [-0.3, -0.25) is 0 Å². The van der Waals surface area contributed by atoms with E-state index in [1.54, 1.807) is 7.11 Å². The molecule has 0 radical (unpaired) electrons. The first-order valence-corrected chi connectivity index (χ1v) is 10.4. The largest absolute Gasteiger partial charge is 0.493 e. The Balaban J connectivity index is 1.79. The standard InChI is InChI=1S/C26H28ClNO2/c1-5-6-22-14-21(16-28-24-12-7-18(2)19(3)13-24)15-25(29-4)26(22)30-17-20-8-10-23(27)11-9-20/h5,7-15,28H,1,6,16-17H2,2-4H3. The summed E-state index contributed by atoms with van der Waals surface area (Å²) in [5.74, 6) is 1.47. The van der Waals surface area contributed by atoms with E-state index >= 15 is 0 Å². The molecule has 0 heterocycles. The number of anilines is 1. The highest BCUT2D eigenvalue weighted by atomic mass is 35.5. The number of rotatable bonds is 9. The van der Waals surface area contributed by atoms with Gasteiger partial charge in [-0.2, -0.15) is 0 Å². The van der Waals surface area contributed by atoms with Crippen molar-refractivity contribution in [3.8, 4) is 11.5 Å². The van der Waals surface area contributed by atoms with E-state index in [-0.39, 0.29) is 0 Å². The van der Waals surface area contributed by atoms with Crippen LogP contribution in [-0.2, 0) is 19.6 Å². The molecule has 1 N–H and O–H groups in total. The number of hydrogen-bond donors (Lipinski definition) is 1. The summed E-state index contributed by atoms with van der Waals surface area (Å²) in [6.07, 6.45) is 2.58. The number of hydrogen-bond acceptors (Lipinski definition) is 3. The zero-order valence-electron chi connectivity index (χ0n) is 17.8. The maximum Gasteiger partial charge on any atom is 0.165 e. The first kappa shape index (κ1) is 21.8. The smallest absolute Gasteiger partial charge is 0.165 e. The summed E-state index contributed by atoms with van der Waals surface area (Å²) in [6.45, 7) is 9.28. The van der Waals surface area contributed by atoms with Crippen molar-refractivity contribution in [2.75, 3.05) is 12.4 Å². The lowest BCUT2D eigenvalue weighted by Crippen LogP contribution is -2.05. The molecule has 3 aromatic carbocycles. The average Bonchev–Trinajstić information content (AvgIpc) is 2.74. The Bertz CT molecular complexity index is 1010. The van der Waals surface area contributed by atoms with Gasteiger partial charge in [0, 0.05) is 22.8 Å². The van der Waals surface area contributed by atoms with Crippen molar-refractivity contribution in [3.63, 3.8) is 0 Å².